The van der Waals surface area contributed by atoms with Crippen LogP contribution in [0.25, 0.3) is 0 Å². The van der Waals surface area contributed by atoms with Crippen LogP contribution in [0.15, 0.2) is 21.9 Å². The maximum Gasteiger partial charge on any atom is 0.330 e. The van der Waals surface area contributed by atoms with E-state index < -0.39 is 68.1 Å². The number of ether oxygens (including phenoxy) is 3. The topological polar surface area (TPSA) is 155 Å². The number of alkyl halides is 1. The number of aromatic nitrogens is 2. The van der Waals surface area contributed by atoms with E-state index in [2.05, 4.69) is 5.09 Å². The molecule has 6 atom stereocenters. The molecule has 2 saturated heterocycles. The number of aromatic amines is 1. The molecule has 3 rings (SSSR count). The summed E-state index contributed by atoms with van der Waals surface area (Å²) in [5.74, 6) is -1.25. The molecule has 3 heterocycles. The molecule has 0 bridgehead atoms. The Morgan fingerprint density at radius 1 is 1.18 bits per heavy atom. The minimum Gasteiger partial charge on any atom is -0.465 e. The molecule has 2 aliphatic heterocycles. The summed E-state index contributed by atoms with van der Waals surface area (Å²) in [6.07, 6.45) is -0.722. The number of hydrogen-bond acceptors (Lipinski definition) is 9. The van der Waals surface area contributed by atoms with Crippen LogP contribution in [0.2, 0.25) is 0 Å². The fraction of sp³-hybridized carbons (Fsp3) is 0.700. The van der Waals surface area contributed by atoms with Crippen molar-refractivity contribution >= 4 is 20.1 Å². The first kappa shape index (κ1) is 26.3. The molecule has 2 fully saturated rings. The van der Waals surface area contributed by atoms with Gasteiger partial charge in [0.05, 0.1) is 13.2 Å². The molecule has 12 nitrogen and oxygen atoms in total. The number of rotatable bonds is 1. The van der Waals surface area contributed by atoms with Crippen molar-refractivity contribution in [2.75, 3.05) is 13.2 Å². The smallest absolute Gasteiger partial charge is 0.330 e. The maximum absolute atomic E-state index is 16.0. The van der Waals surface area contributed by atoms with Gasteiger partial charge in [-0.25, -0.2) is 14.3 Å². The van der Waals surface area contributed by atoms with Crippen LogP contribution < -0.4 is 16.3 Å². The molecule has 0 spiro atoms. The van der Waals surface area contributed by atoms with E-state index in [9.17, 15) is 23.7 Å². The fourth-order valence-electron chi connectivity index (χ4n) is 3.80. The lowest BCUT2D eigenvalue weighted by atomic mass is 9.98. The van der Waals surface area contributed by atoms with E-state index in [4.69, 9.17) is 18.7 Å². The molecule has 0 aromatic carbocycles. The molecular weight excluding hydrogens is 476 g/mol. The highest BCUT2D eigenvalue weighted by Gasteiger charge is 2.58. The predicted octanol–water partition coefficient (Wildman–Crippen LogP) is 0.966. The second-order valence-electron chi connectivity index (χ2n) is 8.40. The van der Waals surface area contributed by atoms with Crippen molar-refractivity contribution in [3.8, 4) is 0 Å². The monoisotopic (exact) mass is 505 g/mol. The summed E-state index contributed by atoms with van der Waals surface area (Å²) < 4.78 is 50.6. The Bertz CT molecular complexity index is 1030. The lowest BCUT2D eigenvalue weighted by Crippen LogP contribution is -2.46. The molecule has 2 N–H and O–H groups in total. The molecule has 190 valence electrons. The first-order valence-electron chi connectivity index (χ1n) is 11.0. The number of hydrogen-bond donors (Lipinski definition) is 2. The van der Waals surface area contributed by atoms with E-state index in [1.54, 1.807) is 0 Å². The number of esters is 2. The van der Waals surface area contributed by atoms with Gasteiger partial charge in [0, 0.05) is 18.7 Å². The standard InChI is InChI=1S/C20H29FN3O9P/c1-12-17(27)30-10-6-4-3-5-7-15(26)33-16-13(11-31-34(29)23-12)32-18(20(16,2)21)24-9-8-14(25)22-19(24)28/h8-9,12-13,16,18,34H,3-7,10-11H2,1-2H3,(H,23,29)(H,22,25,28)/t12?,13-,16-,18-,20-/m1/s1. The second-order valence-corrected chi connectivity index (χ2v) is 9.55. The summed E-state index contributed by atoms with van der Waals surface area (Å²) in [4.78, 5) is 50.1. The third-order valence-corrected chi connectivity index (χ3v) is 6.73. The van der Waals surface area contributed by atoms with Gasteiger partial charge in [0.15, 0.2) is 18.0 Å². The largest absolute Gasteiger partial charge is 0.465 e. The molecule has 0 amide bonds. The second kappa shape index (κ2) is 11.4. The van der Waals surface area contributed by atoms with Crippen LogP contribution in [-0.2, 0) is 32.9 Å². The summed E-state index contributed by atoms with van der Waals surface area (Å²) in [6.45, 7) is 2.31. The van der Waals surface area contributed by atoms with E-state index in [1.807, 2.05) is 4.98 Å². The van der Waals surface area contributed by atoms with Gasteiger partial charge in [-0.15, -0.1) is 0 Å². The molecule has 14 heteroatoms. The third kappa shape index (κ3) is 6.41. The zero-order valence-corrected chi connectivity index (χ0v) is 19.9. The summed E-state index contributed by atoms with van der Waals surface area (Å²) in [6, 6.07) is 0.123. The van der Waals surface area contributed by atoms with Gasteiger partial charge in [0.2, 0.25) is 0 Å². The van der Waals surface area contributed by atoms with Crippen LogP contribution in [-0.4, -0.2) is 58.6 Å². The number of nitrogens with one attached hydrogen (secondary N) is 2. The molecule has 1 aromatic rings. The number of carbonyl (C=O) groups excluding carboxylic acids is 2. The van der Waals surface area contributed by atoms with E-state index in [-0.39, 0.29) is 13.0 Å². The average molecular weight is 505 g/mol. The SMILES string of the molecule is CC1N[PH](=O)OC[C@H]2O[C@@H](n3ccc(=O)[nH]c3=O)[C@](C)(F)[C@@H]2OC(=O)CCCCCCOC1=O. The number of nitrogens with zero attached hydrogens (tertiary/aromatic N) is 1. The van der Waals surface area contributed by atoms with Crippen LogP contribution in [0.4, 0.5) is 4.39 Å². The Kier molecular flexibility index (Phi) is 8.80. The van der Waals surface area contributed by atoms with Crippen LogP contribution in [0, 0.1) is 0 Å². The van der Waals surface area contributed by atoms with Gasteiger partial charge in [-0.3, -0.25) is 28.5 Å². The van der Waals surface area contributed by atoms with Crippen LogP contribution >= 0.6 is 8.18 Å². The van der Waals surface area contributed by atoms with Gasteiger partial charge in [-0.1, -0.05) is 12.8 Å². The molecular formula is C20H29FN3O9P. The third-order valence-electron chi connectivity index (χ3n) is 5.63. The van der Waals surface area contributed by atoms with Crippen molar-refractivity contribution in [2.45, 2.75) is 76.1 Å². The number of carbonyl (C=O) groups is 2. The van der Waals surface area contributed by atoms with E-state index in [1.165, 1.54) is 6.92 Å². The lowest BCUT2D eigenvalue weighted by molar-refractivity contribution is -0.158. The van der Waals surface area contributed by atoms with Crippen molar-refractivity contribution < 1.29 is 37.3 Å². The molecule has 2 aliphatic rings. The van der Waals surface area contributed by atoms with Gasteiger partial charge in [0.1, 0.15) is 12.1 Å². The first-order chi connectivity index (χ1) is 16.1. The van der Waals surface area contributed by atoms with Gasteiger partial charge in [-0.05, 0) is 26.7 Å². The highest BCUT2D eigenvalue weighted by Crippen LogP contribution is 2.43. The van der Waals surface area contributed by atoms with Crippen LogP contribution in [0.1, 0.15) is 52.2 Å². The maximum atomic E-state index is 16.0. The van der Waals surface area contributed by atoms with Crippen LogP contribution in [0.3, 0.4) is 0 Å². The van der Waals surface area contributed by atoms with Crippen molar-refractivity contribution in [2.24, 2.45) is 0 Å². The summed E-state index contributed by atoms with van der Waals surface area (Å²) >= 11 is 0. The molecule has 0 radical (unpaired) electrons. The van der Waals surface area contributed by atoms with Crippen molar-refractivity contribution in [3.05, 3.63) is 33.1 Å². The first-order valence-corrected chi connectivity index (χ1v) is 12.4. The Hall–Kier alpha value is -2.34. The zero-order valence-electron chi connectivity index (χ0n) is 18.9. The molecule has 2 unspecified atom stereocenters. The Labute approximate surface area is 195 Å². The fourth-order valence-corrected chi connectivity index (χ4v) is 4.67. The van der Waals surface area contributed by atoms with Gasteiger partial charge < -0.3 is 18.7 Å². The minimum atomic E-state index is -2.99. The van der Waals surface area contributed by atoms with Crippen molar-refractivity contribution in [3.63, 3.8) is 0 Å². The summed E-state index contributed by atoms with van der Waals surface area (Å²) in [7, 11) is -2.99. The lowest BCUT2D eigenvalue weighted by Gasteiger charge is -2.27. The van der Waals surface area contributed by atoms with Crippen molar-refractivity contribution in [1.82, 2.24) is 14.6 Å². The zero-order chi connectivity index (χ0) is 24.9. The highest BCUT2D eigenvalue weighted by molar-refractivity contribution is 7.36. The summed E-state index contributed by atoms with van der Waals surface area (Å²) in [5.41, 5.74) is -3.98. The number of fused-ring (bicyclic) bond motifs is 1. The van der Waals surface area contributed by atoms with E-state index in [0.29, 0.717) is 25.7 Å². The normalized spacial score (nSPS) is 34.5. The number of H-pyrrole nitrogens is 1. The van der Waals surface area contributed by atoms with E-state index in [0.717, 1.165) is 23.8 Å². The average Bonchev–Trinajstić information content (AvgIpc) is 3.00. The number of cyclic esters (lactones) is 1. The molecule has 34 heavy (non-hydrogen) atoms. The predicted molar refractivity (Wildman–Crippen MR) is 116 cm³/mol. The molecule has 0 saturated carbocycles. The van der Waals surface area contributed by atoms with E-state index >= 15 is 4.39 Å². The van der Waals surface area contributed by atoms with Gasteiger partial charge in [0.25, 0.3) is 13.7 Å². The molecule has 0 aliphatic carbocycles. The van der Waals surface area contributed by atoms with Gasteiger partial charge >= 0.3 is 17.6 Å². The number of halogens is 1. The Balaban J connectivity index is 1.83. The Morgan fingerprint density at radius 3 is 2.65 bits per heavy atom. The van der Waals surface area contributed by atoms with Gasteiger partial charge in [-0.2, -0.15) is 0 Å². The minimum absolute atomic E-state index is 0.0262. The Morgan fingerprint density at radius 2 is 1.91 bits per heavy atom. The van der Waals surface area contributed by atoms with Crippen molar-refractivity contribution in [1.29, 1.82) is 0 Å². The quantitative estimate of drug-likeness (QED) is 0.417. The van der Waals surface area contributed by atoms with Crippen LogP contribution in [0.5, 0.6) is 0 Å². The summed E-state index contributed by atoms with van der Waals surface area (Å²) in [5, 5.41) is 2.49. The highest BCUT2D eigenvalue weighted by atomic mass is 31.1. The molecule has 1 aromatic heterocycles.